The molecule has 0 atom stereocenters. The number of halogens is 3. The van der Waals surface area contributed by atoms with Crippen LogP contribution in [-0.4, -0.2) is 9.97 Å². The van der Waals surface area contributed by atoms with E-state index in [1.807, 2.05) is 0 Å². The molecular weight excluding hydrogens is 346 g/mol. The summed E-state index contributed by atoms with van der Waals surface area (Å²) in [5.41, 5.74) is 3.54. The fourth-order valence-corrected chi connectivity index (χ4v) is 2.85. The van der Waals surface area contributed by atoms with E-state index in [-0.39, 0.29) is 16.0 Å². The van der Waals surface area contributed by atoms with Gasteiger partial charge in [0.05, 0.1) is 11.3 Å². The number of nitrogens with one attached hydrogen (secondary N) is 1. The second kappa shape index (κ2) is 6.76. The number of aryl methyl sites for hydroxylation is 2. The molecular formula is C19H15ClF2N2O. The zero-order chi connectivity index (χ0) is 18.1. The summed E-state index contributed by atoms with van der Waals surface area (Å²) in [4.78, 5) is 19.8. The molecule has 0 saturated carbocycles. The predicted octanol–water partition coefficient (Wildman–Crippen LogP) is 5.31. The van der Waals surface area contributed by atoms with Crippen LogP contribution in [0.25, 0.3) is 22.4 Å². The van der Waals surface area contributed by atoms with E-state index in [0.29, 0.717) is 28.2 Å². The number of hydrogen-bond donors (Lipinski definition) is 1. The van der Waals surface area contributed by atoms with Crippen molar-refractivity contribution in [1.82, 2.24) is 9.97 Å². The zero-order valence-electron chi connectivity index (χ0n) is 13.6. The van der Waals surface area contributed by atoms with Crippen molar-refractivity contribution in [3.8, 4) is 22.4 Å². The average molecular weight is 361 g/mol. The summed E-state index contributed by atoms with van der Waals surface area (Å²) in [7, 11) is 0. The van der Waals surface area contributed by atoms with Crippen LogP contribution in [-0.2, 0) is 0 Å². The molecule has 2 heterocycles. The molecule has 0 aliphatic rings. The maximum absolute atomic E-state index is 12.6. The topological polar surface area (TPSA) is 45.8 Å². The quantitative estimate of drug-likeness (QED) is 0.687. The molecule has 0 aliphatic carbocycles. The molecule has 25 heavy (non-hydrogen) atoms. The van der Waals surface area contributed by atoms with Crippen LogP contribution in [0.4, 0.5) is 8.78 Å². The highest BCUT2D eigenvalue weighted by atomic mass is 35.5. The molecule has 0 unspecified atom stereocenters. The Labute approximate surface area is 148 Å². The molecule has 0 spiro atoms. The van der Waals surface area contributed by atoms with Crippen molar-refractivity contribution in [2.24, 2.45) is 0 Å². The monoisotopic (exact) mass is 360 g/mol. The van der Waals surface area contributed by atoms with Gasteiger partial charge in [-0.15, -0.1) is 0 Å². The summed E-state index contributed by atoms with van der Waals surface area (Å²) in [6.07, 6.45) is -0.912. The number of H-pyrrole nitrogens is 1. The minimum Gasteiger partial charge on any atom is -0.361 e. The largest absolute Gasteiger partial charge is 0.361 e. The second-order valence-corrected chi connectivity index (χ2v) is 6.13. The molecule has 3 nitrogen and oxygen atoms in total. The van der Waals surface area contributed by atoms with E-state index >= 15 is 0 Å². The van der Waals surface area contributed by atoms with Gasteiger partial charge in [-0.25, -0.2) is 8.78 Å². The molecule has 3 aromatic rings. The number of pyridine rings is 2. The highest BCUT2D eigenvalue weighted by molar-refractivity contribution is 6.31. The summed E-state index contributed by atoms with van der Waals surface area (Å²) in [5, 5.41) is 0.160. The van der Waals surface area contributed by atoms with Crippen molar-refractivity contribution in [3.63, 3.8) is 0 Å². The van der Waals surface area contributed by atoms with Gasteiger partial charge in [-0.1, -0.05) is 41.9 Å². The van der Waals surface area contributed by atoms with Gasteiger partial charge in [0.25, 0.3) is 6.43 Å². The van der Waals surface area contributed by atoms with Gasteiger partial charge in [0, 0.05) is 34.3 Å². The number of alkyl halides is 2. The molecule has 0 aliphatic heterocycles. The summed E-state index contributed by atoms with van der Waals surface area (Å²) in [5.74, 6) is 0. The summed E-state index contributed by atoms with van der Waals surface area (Å²) >= 11 is 6.05. The lowest BCUT2D eigenvalue weighted by atomic mass is 10.0. The van der Waals surface area contributed by atoms with Crippen molar-refractivity contribution in [2.75, 3.05) is 0 Å². The van der Waals surface area contributed by atoms with Crippen LogP contribution in [0.5, 0.6) is 0 Å². The molecule has 1 N–H and O–H groups in total. The van der Waals surface area contributed by atoms with Crippen molar-refractivity contribution in [3.05, 3.63) is 74.8 Å². The van der Waals surface area contributed by atoms with Crippen LogP contribution in [0.15, 0.2) is 47.4 Å². The normalized spacial score (nSPS) is 11.1. The van der Waals surface area contributed by atoms with Crippen LogP contribution < -0.4 is 5.43 Å². The average Bonchev–Trinajstić information content (AvgIpc) is 2.60. The van der Waals surface area contributed by atoms with E-state index in [1.165, 1.54) is 12.1 Å². The van der Waals surface area contributed by atoms with E-state index in [1.54, 1.807) is 44.3 Å². The Balaban J connectivity index is 1.99. The third-order valence-electron chi connectivity index (χ3n) is 4.02. The van der Waals surface area contributed by atoms with E-state index in [4.69, 9.17) is 11.6 Å². The maximum Gasteiger partial charge on any atom is 0.263 e. The fourth-order valence-electron chi connectivity index (χ4n) is 2.71. The van der Waals surface area contributed by atoms with E-state index in [9.17, 15) is 13.6 Å². The van der Waals surface area contributed by atoms with Crippen LogP contribution >= 0.6 is 11.6 Å². The third-order valence-corrected chi connectivity index (χ3v) is 4.47. The van der Waals surface area contributed by atoms with Crippen LogP contribution in [0, 0.1) is 13.8 Å². The smallest absolute Gasteiger partial charge is 0.263 e. The molecule has 1 aromatic carbocycles. The molecule has 0 saturated heterocycles. The number of hydrogen-bond acceptors (Lipinski definition) is 2. The Morgan fingerprint density at radius 3 is 2.20 bits per heavy atom. The highest BCUT2D eigenvalue weighted by Gasteiger charge is 2.13. The van der Waals surface area contributed by atoms with Crippen LogP contribution in [0.3, 0.4) is 0 Å². The third kappa shape index (κ3) is 3.33. The van der Waals surface area contributed by atoms with Crippen LogP contribution in [0.2, 0.25) is 5.02 Å². The predicted molar refractivity (Wildman–Crippen MR) is 95.2 cm³/mol. The molecule has 0 fully saturated rings. The van der Waals surface area contributed by atoms with Gasteiger partial charge in [0.1, 0.15) is 5.02 Å². The molecule has 0 bridgehead atoms. The van der Waals surface area contributed by atoms with E-state index in [2.05, 4.69) is 9.97 Å². The summed E-state index contributed by atoms with van der Waals surface area (Å²) < 4.78 is 25.2. The number of rotatable bonds is 3. The van der Waals surface area contributed by atoms with Gasteiger partial charge in [0.15, 0.2) is 0 Å². The SMILES string of the molecule is Cc1[nH]c(C)c(-c2ccc(-c3ccc(C(F)F)cc3)nc2)c(=O)c1Cl. The van der Waals surface area contributed by atoms with E-state index < -0.39 is 6.43 Å². The maximum atomic E-state index is 12.6. The van der Waals surface area contributed by atoms with Gasteiger partial charge in [-0.05, 0) is 19.9 Å². The van der Waals surface area contributed by atoms with Gasteiger partial charge in [-0.2, -0.15) is 0 Å². The van der Waals surface area contributed by atoms with E-state index in [0.717, 1.165) is 5.56 Å². The standard InChI is InChI=1S/C19H15ClF2N2O/c1-10-16(18(25)17(20)11(2)24-10)14-7-8-15(23-9-14)12-3-5-13(6-4-12)19(21)22/h3-9,19H,1-2H3,(H,24,25). The zero-order valence-corrected chi connectivity index (χ0v) is 14.4. The number of aromatic amines is 1. The lowest BCUT2D eigenvalue weighted by Crippen LogP contribution is -2.11. The first-order valence-electron chi connectivity index (χ1n) is 7.62. The summed E-state index contributed by atoms with van der Waals surface area (Å²) in [6.45, 7) is 3.54. The van der Waals surface area contributed by atoms with Crippen LogP contribution in [0.1, 0.15) is 23.4 Å². The first-order chi connectivity index (χ1) is 11.9. The van der Waals surface area contributed by atoms with Crippen molar-refractivity contribution >= 4 is 11.6 Å². The number of benzene rings is 1. The minimum absolute atomic E-state index is 0.0307. The molecule has 2 aromatic heterocycles. The van der Waals surface area contributed by atoms with Gasteiger partial charge in [-0.3, -0.25) is 9.78 Å². The summed E-state index contributed by atoms with van der Waals surface area (Å²) in [6, 6.07) is 9.48. The molecule has 0 amide bonds. The Bertz CT molecular complexity index is 964. The lowest BCUT2D eigenvalue weighted by Gasteiger charge is -2.09. The first kappa shape index (κ1) is 17.3. The number of nitrogens with zero attached hydrogens (tertiary/aromatic N) is 1. The second-order valence-electron chi connectivity index (χ2n) is 5.75. The molecule has 128 valence electrons. The van der Waals surface area contributed by atoms with Crippen molar-refractivity contribution in [1.29, 1.82) is 0 Å². The molecule has 3 rings (SSSR count). The molecule has 6 heteroatoms. The lowest BCUT2D eigenvalue weighted by molar-refractivity contribution is 0.151. The fraction of sp³-hybridized carbons (Fsp3) is 0.158. The van der Waals surface area contributed by atoms with Crippen molar-refractivity contribution in [2.45, 2.75) is 20.3 Å². The van der Waals surface area contributed by atoms with Gasteiger partial charge in [0.2, 0.25) is 5.43 Å². The Morgan fingerprint density at radius 1 is 1.00 bits per heavy atom. The van der Waals surface area contributed by atoms with Gasteiger partial charge >= 0.3 is 0 Å². The minimum atomic E-state index is -2.50. The Morgan fingerprint density at radius 2 is 1.64 bits per heavy atom. The Hall–Kier alpha value is -2.53. The molecule has 0 radical (unpaired) electrons. The van der Waals surface area contributed by atoms with Gasteiger partial charge < -0.3 is 4.98 Å². The van der Waals surface area contributed by atoms with Crippen molar-refractivity contribution < 1.29 is 8.78 Å². The first-order valence-corrected chi connectivity index (χ1v) is 8.00. The number of aromatic nitrogens is 2. The highest BCUT2D eigenvalue weighted by Crippen LogP contribution is 2.26. The Kier molecular flexibility index (Phi) is 4.68.